The van der Waals surface area contributed by atoms with Crippen LogP contribution in [-0.2, 0) is 31.1 Å². The molecule has 4 aromatic carbocycles. The Morgan fingerprint density at radius 3 is 1.87 bits per heavy atom. The molecule has 1 aliphatic heterocycles. The van der Waals surface area contributed by atoms with Gasteiger partial charge >= 0.3 is 0 Å². The van der Waals surface area contributed by atoms with Gasteiger partial charge in [0.15, 0.2) is 5.71 Å². The number of nitrogens with zero attached hydrogens (tertiary/aromatic N) is 1. The lowest BCUT2D eigenvalue weighted by Gasteiger charge is -2.25. The third kappa shape index (κ3) is 8.34. The fourth-order valence-electron chi connectivity index (χ4n) is 8.62. The zero-order valence-corrected chi connectivity index (χ0v) is 32.6. The van der Waals surface area contributed by atoms with E-state index in [4.69, 9.17) is 0 Å². The molecule has 0 amide bonds. The van der Waals surface area contributed by atoms with Gasteiger partial charge in [-0.05, 0) is 71.8 Å². The Balaban J connectivity index is 1.25. The summed E-state index contributed by atoms with van der Waals surface area (Å²) in [5.41, 5.74) is 6.86. The summed E-state index contributed by atoms with van der Waals surface area (Å²) in [7, 11) is -8.00. The molecule has 0 saturated heterocycles. The first-order valence-electron chi connectivity index (χ1n) is 18.4. The Labute approximate surface area is 314 Å². The van der Waals surface area contributed by atoms with Crippen molar-refractivity contribution in [3.05, 3.63) is 138 Å². The molecule has 2 aliphatic rings. The number of hydrogen-bond donors (Lipinski definition) is 2. The van der Waals surface area contributed by atoms with Gasteiger partial charge in [0.1, 0.15) is 6.54 Å². The van der Waals surface area contributed by atoms with Crippen LogP contribution in [0, 0.1) is 0 Å². The largest absolute Gasteiger partial charge is 0.286 e. The zero-order chi connectivity index (χ0) is 38.0. The van der Waals surface area contributed by atoms with Crippen molar-refractivity contribution in [2.45, 2.75) is 76.5 Å². The molecule has 0 radical (unpaired) electrons. The molecular weight excluding hydrogens is 703 g/mol. The molecule has 53 heavy (non-hydrogen) atoms. The summed E-state index contributed by atoms with van der Waals surface area (Å²) in [4.78, 5) is 0. The lowest BCUT2D eigenvalue weighted by molar-refractivity contribution is -0.438. The number of rotatable bonds is 14. The van der Waals surface area contributed by atoms with Crippen LogP contribution in [0.25, 0.3) is 21.5 Å². The van der Waals surface area contributed by atoms with Crippen LogP contribution in [0.5, 0.6) is 0 Å². The predicted octanol–water partition coefficient (Wildman–Crippen LogP) is 9.77. The second kappa shape index (κ2) is 15.3. The van der Waals surface area contributed by atoms with E-state index in [1.54, 1.807) is 0 Å². The highest BCUT2D eigenvalue weighted by Crippen LogP contribution is 2.54. The third-order valence-electron chi connectivity index (χ3n) is 11.0. The third-order valence-corrected chi connectivity index (χ3v) is 12.6. The minimum atomic E-state index is -4.01. The standard InChI is InChI=1S/C44H49NO6S2/c1-43(2)38(36(22-14-16-30-52(46,47)48)37-27-25-32-18-10-12-20-34(32)41(37)43)23-8-6-5-7-9-24-40-44(3,4)42-35-21-13-11-19-33(35)26-28-39(42)45(40)29-15-17-31-53(49,50)51/h5-13,18-21,23-28,36H,14-17,22,29-31H2,1-4H3,(H-,46,47,48,49,50,51)/p+1/b7-5+,8-6+,24-9+,38-23-. The first-order chi connectivity index (χ1) is 25.1. The van der Waals surface area contributed by atoms with Crippen LogP contribution in [-0.4, -0.2) is 54.3 Å². The summed E-state index contributed by atoms with van der Waals surface area (Å²) >= 11 is 0. The van der Waals surface area contributed by atoms with Crippen molar-refractivity contribution in [3.63, 3.8) is 0 Å². The minimum Gasteiger partial charge on any atom is -0.286 e. The molecule has 0 aromatic heterocycles. The Hall–Kier alpha value is -4.15. The van der Waals surface area contributed by atoms with E-state index in [0.717, 1.165) is 17.8 Å². The summed E-state index contributed by atoms with van der Waals surface area (Å²) in [5, 5.41) is 4.82. The Bertz CT molecular complexity index is 2410. The van der Waals surface area contributed by atoms with E-state index < -0.39 is 20.2 Å². The van der Waals surface area contributed by atoms with Gasteiger partial charge in [0.05, 0.1) is 16.9 Å². The fraction of sp³-hybridized carbons (Fsp3) is 0.341. The van der Waals surface area contributed by atoms with Crippen molar-refractivity contribution in [2.75, 3.05) is 18.1 Å². The Morgan fingerprint density at radius 2 is 1.21 bits per heavy atom. The van der Waals surface area contributed by atoms with Gasteiger partial charge in [0, 0.05) is 35.5 Å². The molecule has 0 saturated carbocycles. The van der Waals surface area contributed by atoms with Crippen molar-refractivity contribution in [1.82, 2.24) is 0 Å². The van der Waals surface area contributed by atoms with Crippen LogP contribution in [0.15, 0.2) is 121 Å². The SMILES string of the molecule is CC1(C)C(/C=C/C=C/C=C/C=C2/C(CCCCS(=O)(=O)O)c3ccc4ccccc4c3C2(C)C)=[N+](CCCCS(=O)(=O)O)c2ccc3ccccc3c21. The normalized spacial score (nSPS) is 19.1. The predicted molar refractivity (Wildman–Crippen MR) is 218 cm³/mol. The van der Waals surface area contributed by atoms with Crippen LogP contribution in [0.3, 0.4) is 0 Å². The molecule has 4 aromatic rings. The molecular formula is C44H50NO6S2+. The smallest absolute Gasteiger partial charge is 0.264 e. The minimum absolute atomic E-state index is 0.140. The second-order valence-electron chi connectivity index (χ2n) is 15.3. The number of hydrogen-bond acceptors (Lipinski definition) is 4. The van der Waals surface area contributed by atoms with Crippen molar-refractivity contribution in [2.24, 2.45) is 0 Å². The zero-order valence-electron chi connectivity index (χ0n) is 31.0. The maximum Gasteiger partial charge on any atom is 0.264 e. The van der Waals surface area contributed by atoms with Gasteiger partial charge in [-0.2, -0.15) is 21.4 Å². The highest BCUT2D eigenvalue weighted by molar-refractivity contribution is 7.86. The highest BCUT2D eigenvalue weighted by atomic mass is 32.2. The van der Waals surface area contributed by atoms with Crippen molar-refractivity contribution in [3.8, 4) is 0 Å². The van der Waals surface area contributed by atoms with E-state index in [0.29, 0.717) is 32.2 Å². The molecule has 278 valence electrons. The monoisotopic (exact) mass is 752 g/mol. The van der Waals surface area contributed by atoms with Crippen molar-refractivity contribution in [1.29, 1.82) is 0 Å². The summed E-state index contributed by atoms with van der Waals surface area (Å²) in [6, 6.07) is 25.6. The Kier molecular flexibility index (Phi) is 11.1. The number of unbranched alkanes of at least 4 members (excludes halogenated alkanes) is 2. The topological polar surface area (TPSA) is 112 Å². The molecule has 1 unspecified atom stereocenters. The van der Waals surface area contributed by atoms with E-state index in [9.17, 15) is 25.9 Å². The number of fused-ring (bicyclic) bond motifs is 6. The average molecular weight is 753 g/mol. The van der Waals surface area contributed by atoms with E-state index in [1.165, 1.54) is 43.8 Å². The van der Waals surface area contributed by atoms with Gasteiger partial charge in [-0.1, -0.05) is 123 Å². The number of allylic oxidation sites excluding steroid dienone is 8. The number of benzene rings is 4. The molecule has 7 nitrogen and oxygen atoms in total. The molecule has 0 spiro atoms. The van der Waals surface area contributed by atoms with Crippen LogP contribution < -0.4 is 0 Å². The lowest BCUT2D eigenvalue weighted by Crippen LogP contribution is -2.28. The van der Waals surface area contributed by atoms with Crippen LogP contribution in [0.4, 0.5) is 5.69 Å². The fourth-order valence-corrected chi connectivity index (χ4v) is 9.76. The summed E-state index contributed by atoms with van der Waals surface area (Å²) < 4.78 is 66.4. The van der Waals surface area contributed by atoms with E-state index in [1.807, 2.05) is 30.4 Å². The van der Waals surface area contributed by atoms with Crippen molar-refractivity contribution >= 4 is 53.2 Å². The highest BCUT2D eigenvalue weighted by Gasteiger charge is 2.45. The van der Waals surface area contributed by atoms with Crippen molar-refractivity contribution < 1.29 is 30.5 Å². The molecule has 1 heterocycles. The maximum atomic E-state index is 11.4. The Morgan fingerprint density at radius 1 is 0.642 bits per heavy atom. The summed E-state index contributed by atoms with van der Waals surface area (Å²) in [6.45, 7) is 9.63. The van der Waals surface area contributed by atoms with Gasteiger partial charge < -0.3 is 0 Å². The van der Waals surface area contributed by atoms with Crippen LogP contribution >= 0.6 is 0 Å². The van der Waals surface area contributed by atoms with Gasteiger partial charge in [0.25, 0.3) is 20.2 Å². The van der Waals surface area contributed by atoms with Crippen LogP contribution in [0.2, 0.25) is 0 Å². The first kappa shape index (κ1) is 38.6. The lowest BCUT2D eigenvalue weighted by atomic mass is 9.78. The van der Waals surface area contributed by atoms with Crippen LogP contribution in [0.1, 0.15) is 82.4 Å². The van der Waals surface area contributed by atoms with Gasteiger partial charge in [-0.3, -0.25) is 9.11 Å². The molecule has 1 atom stereocenters. The van der Waals surface area contributed by atoms with Gasteiger partial charge in [-0.15, -0.1) is 0 Å². The molecule has 0 bridgehead atoms. The average Bonchev–Trinajstić information content (AvgIpc) is 3.45. The quantitative estimate of drug-likeness (QED) is 0.0574. The molecule has 0 fully saturated rings. The molecule has 9 heteroatoms. The summed E-state index contributed by atoms with van der Waals surface area (Å²) in [6.07, 6.45) is 17.4. The first-order valence-corrected chi connectivity index (χ1v) is 21.6. The molecule has 1 aliphatic carbocycles. The second-order valence-corrected chi connectivity index (χ2v) is 18.4. The molecule has 2 N–H and O–H groups in total. The van der Waals surface area contributed by atoms with Gasteiger partial charge in [0.2, 0.25) is 5.69 Å². The van der Waals surface area contributed by atoms with E-state index in [-0.39, 0.29) is 28.3 Å². The maximum absolute atomic E-state index is 11.4. The van der Waals surface area contributed by atoms with Gasteiger partial charge in [-0.25, -0.2) is 0 Å². The van der Waals surface area contributed by atoms with E-state index >= 15 is 0 Å². The molecule has 6 rings (SSSR count). The summed E-state index contributed by atoms with van der Waals surface area (Å²) in [5.74, 6) is -0.336. The van der Waals surface area contributed by atoms with E-state index in [2.05, 4.69) is 117 Å².